The lowest BCUT2D eigenvalue weighted by atomic mass is 9.78. The number of carbonyl (C=O) groups excluding carboxylic acids is 1. The maximum Gasteiger partial charge on any atom is 0.417 e. The minimum absolute atomic E-state index is 0.00984. The monoisotopic (exact) mass is 511 g/mol. The van der Waals surface area contributed by atoms with Gasteiger partial charge in [-0.1, -0.05) is 24.6 Å². The summed E-state index contributed by atoms with van der Waals surface area (Å²) < 4.78 is 78.6. The van der Waals surface area contributed by atoms with Crippen molar-refractivity contribution in [3.05, 3.63) is 64.5 Å². The Balaban J connectivity index is 1.28. The molecule has 0 bridgehead atoms. The van der Waals surface area contributed by atoms with Crippen LogP contribution in [0.3, 0.4) is 0 Å². The Labute approximate surface area is 205 Å². The van der Waals surface area contributed by atoms with Gasteiger partial charge in [0.2, 0.25) is 5.91 Å². The average molecular weight is 512 g/mol. The Morgan fingerprint density at radius 2 is 1.89 bits per heavy atom. The summed E-state index contributed by atoms with van der Waals surface area (Å²) in [5.74, 6) is 0.140. The Morgan fingerprint density at radius 3 is 2.64 bits per heavy atom. The molecule has 1 aromatic heterocycles. The Bertz CT molecular complexity index is 1150. The molecule has 2 heterocycles. The fourth-order valence-electron chi connectivity index (χ4n) is 6.34. The molecule has 0 saturated heterocycles. The lowest BCUT2D eigenvalue weighted by Gasteiger charge is -2.37. The molecular weight excluding hydrogens is 484 g/mol. The summed E-state index contributed by atoms with van der Waals surface area (Å²) >= 11 is 0. The summed E-state index contributed by atoms with van der Waals surface area (Å²) in [4.78, 5) is 19.5. The third-order valence-corrected chi connectivity index (χ3v) is 8.07. The molecule has 1 amide bonds. The molecule has 5 rings (SSSR count). The van der Waals surface area contributed by atoms with Crippen LogP contribution < -0.4 is 5.32 Å². The highest BCUT2D eigenvalue weighted by Crippen LogP contribution is 2.55. The van der Waals surface area contributed by atoms with E-state index in [-0.39, 0.29) is 31.0 Å². The Morgan fingerprint density at radius 1 is 1.11 bits per heavy atom. The zero-order valence-electron chi connectivity index (χ0n) is 19.6. The van der Waals surface area contributed by atoms with Crippen LogP contribution in [0.4, 0.5) is 26.3 Å². The van der Waals surface area contributed by atoms with E-state index >= 15 is 0 Å². The van der Waals surface area contributed by atoms with Gasteiger partial charge in [-0.2, -0.15) is 26.3 Å². The van der Waals surface area contributed by atoms with E-state index in [0.717, 1.165) is 50.1 Å². The molecular formula is C26H27F6N3O. The summed E-state index contributed by atoms with van der Waals surface area (Å²) in [6, 6.07) is 6.30. The number of alkyl halides is 6. The highest BCUT2D eigenvalue weighted by molar-refractivity contribution is 5.84. The zero-order valence-corrected chi connectivity index (χ0v) is 19.6. The van der Waals surface area contributed by atoms with Gasteiger partial charge in [-0.25, -0.2) is 0 Å². The van der Waals surface area contributed by atoms with Gasteiger partial charge >= 0.3 is 12.4 Å². The van der Waals surface area contributed by atoms with Crippen molar-refractivity contribution >= 4 is 5.91 Å². The molecule has 2 fully saturated rings. The van der Waals surface area contributed by atoms with Crippen LogP contribution in [0.5, 0.6) is 0 Å². The fraction of sp³-hybridized carbons (Fsp3) is 0.538. The SMILES string of the molecule is O=C(N1CCc2ncc(C(F)(F)F)cc2C1)C12CCCC1CC(NCc1cccc(C(F)(F)F)c1)C2. The number of amides is 1. The molecule has 2 aliphatic carbocycles. The second-order valence-electron chi connectivity index (χ2n) is 10.3. The third-order valence-electron chi connectivity index (χ3n) is 8.07. The van der Waals surface area contributed by atoms with Gasteiger partial charge in [0.15, 0.2) is 0 Å². The van der Waals surface area contributed by atoms with Gasteiger partial charge in [-0.15, -0.1) is 0 Å². The van der Waals surface area contributed by atoms with Crippen LogP contribution in [0.25, 0.3) is 0 Å². The van der Waals surface area contributed by atoms with E-state index in [1.54, 1.807) is 11.0 Å². The molecule has 3 unspecified atom stereocenters. The largest absolute Gasteiger partial charge is 0.417 e. The molecule has 1 aliphatic heterocycles. The van der Waals surface area contributed by atoms with Crippen LogP contribution in [0.15, 0.2) is 36.5 Å². The average Bonchev–Trinajstić information content (AvgIpc) is 3.39. The first kappa shape index (κ1) is 25.0. The van der Waals surface area contributed by atoms with Crippen LogP contribution in [0.2, 0.25) is 0 Å². The maximum absolute atomic E-state index is 13.8. The summed E-state index contributed by atoms with van der Waals surface area (Å²) in [5, 5.41) is 3.35. The van der Waals surface area contributed by atoms with Crippen LogP contribution >= 0.6 is 0 Å². The summed E-state index contributed by atoms with van der Waals surface area (Å²) in [6.45, 7) is 0.803. The molecule has 1 N–H and O–H groups in total. The molecule has 36 heavy (non-hydrogen) atoms. The fourth-order valence-corrected chi connectivity index (χ4v) is 6.34. The molecule has 3 atom stereocenters. The first-order valence-electron chi connectivity index (χ1n) is 12.2. The maximum atomic E-state index is 13.8. The first-order chi connectivity index (χ1) is 17.0. The van der Waals surface area contributed by atoms with Crippen molar-refractivity contribution in [2.75, 3.05) is 6.54 Å². The highest BCUT2D eigenvalue weighted by Gasteiger charge is 2.56. The van der Waals surface area contributed by atoms with Gasteiger partial charge < -0.3 is 10.2 Å². The summed E-state index contributed by atoms with van der Waals surface area (Å²) in [6.07, 6.45) is -3.75. The van der Waals surface area contributed by atoms with Crippen LogP contribution in [-0.4, -0.2) is 28.4 Å². The number of hydrogen-bond donors (Lipinski definition) is 1. The van der Waals surface area contributed by atoms with Crippen molar-refractivity contribution in [2.24, 2.45) is 11.3 Å². The number of pyridine rings is 1. The lowest BCUT2D eigenvalue weighted by molar-refractivity contribution is -0.144. The number of carbonyl (C=O) groups is 1. The molecule has 0 spiro atoms. The number of halogens is 6. The van der Waals surface area contributed by atoms with Gasteiger partial charge in [0.05, 0.1) is 16.5 Å². The van der Waals surface area contributed by atoms with E-state index in [9.17, 15) is 31.1 Å². The quantitative estimate of drug-likeness (QED) is 0.533. The summed E-state index contributed by atoms with van der Waals surface area (Å²) in [7, 11) is 0. The third kappa shape index (κ3) is 4.71. The van der Waals surface area contributed by atoms with E-state index < -0.39 is 28.9 Å². The minimum atomic E-state index is -4.49. The van der Waals surface area contributed by atoms with Gasteiger partial charge in [0, 0.05) is 44.0 Å². The van der Waals surface area contributed by atoms with E-state index in [0.29, 0.717) is 36.2 Å². The van der Waals surface area contributed by atoms with Crippen molar-refractivity contribution < 1.29 is 31.1 Å². The standard InChI is InChI=1S/C26H27F6N3O/c27-25(28,29)19-4-1-3-16(9-19)13-33-21-11-18-5-2-7-24(18,12-21)23(36)35-8-6-22-17(15-35)10-20(14-34-22)26(30,31)32/h1,3-4,9-10,14,18,21,33H,2,5-8,11-13,15H2. The topological polar surface area (TPSA) is 45.2 Å². The molecule has 2 saturated carbocycles. The smallest absolute Gasteiger partial charge is 0.337 e. The molecule has 2 aromatic rings. The van der Waals surface area contributed by atoms with Crippen molar-refractivity contribution in [1.29, 1.82) is 0 Å². The zero-order chi connectivity index (χ0) is 25.7. The molecule has 0 radical (unpaired) electrons. The van der Waals surface area contributed by atoms with Gasteiger partial charge in [-0.05, 0) is 54.9 Å². The predicted molar refractivity (Wildman–Crippen MR) is 119 cm³/mol. The van der Waals surface area contributed by atoms with E-state index in [1.807, 2.05) is 0 Å². The molecule has 3 aliphatic rings. The normalized spacial score (nSPS) is 26.1. The van der Waals surface area contributed by atoms with E-state index in [1.165, 1.54) is 6.07 Å². The Hall–Kier alpha value is -2.62. The predicted octanol–water partition coefficient (Wildman–Crippen LogP) is 5.74. The van der Waals surface area contributed by atoms with Gasteiger partial charge in [-0.3, -0.25) is 9.78 Å². The minimum Gasteiger partial charge on any atom is -0.337 e. The highest BCUT2D eigenvalue weighted by atomic mass is 19.4. The van der Waals surface area contributed by atoms with Gasteiger partial charge in [0.25, 0.3) is 0 Å². The van der Waals surface area contributed by atoms with Crippen molar-refractivity contribution in [3.63, 3.8) is 0 Å². The van der Waals surface area contributed by atoms with Crippen LogP contribution in [0, 0.1) is 11.3 Å². The van der Waals surface area contributed by atoms with Crippen molar-refractivity contribution in [3.8, 4) is 0 Å². The van der Waals surface area contributed by atoms with Crippen LogP contribution in [-0.2, 0) is 36.7 Å². The number of aromatic nitrogens is 1. The lowest BCUT2D eigenvalue weighted by Crippen LogP contribution is -2.46. The van der Waals surface area contributed by atoms with Crippen molar-refractivity contribution in [2.45, 2.75) is 70.0 Å². The second kappa shape index (κ2) is 9.04. The molecule has 4 nitrogen and oxygen atoms in total. The molecule has 194 valence electrons. The molecule has 1 aromatic carbocycles. The number of benzene rings is 1. The molecule has 10 heteroatoms. The number of nitrogens with one attached hydrogen (secondary N) is 1. The van der Waals surface area contributed by atoms with Crippen LogP contribution in [0.1, 0.15) is 60.1 Å². The summed E-state index contributed by atoms with van der Waals surface area (Å²) in [5.41, 5.74) is -0.509. The number of nitrogens with zero attached hydrogens (tertiary/aromatic N) is 2. The first-order valence-corrected chi connectivity index (χ1v) is 12.2. The second-order valence-corrected chi connectivity index (χ2v) is 10.3. The van der Waals surface area contributed by atoms with E-state index in [4.69, 9.17) is 0 Å². The Kier molecular flexibility index (Phi) is 6.29. The number of hydrogen-bond acceptors (Lipinski definition) is 3. The van der Waals surface area contributed by atoms with Crippen molar-refractivity contribution in [1.82, 2.24) is 15.2 Å². The number of rotatable bonds is 4. The van der Waals surface area contributed by atoms with E-state index in [2.05, 4.69) is 10.3 Å². The number of fused-ring (bicyclic) bond motifs is 2. The van der Waals surface area contributed by atoms with Gasteiger partial charge in [0.1, 0.15) is 0 Å².